The van der Waals surface area contributed by atoms with Crippen molar-refractivity contribution in [1.82, 2.24) is 10.6 Å². The SMILES string of the molecule is O=C(CNCC(F)(F)F)NC(CO)Cc1ccccc1. The summed E-state index contributed by atoms with van der Waals surface area (Å²) in [5, 5.41) is 13.7. The highest BCUT2D eigenvalue weighted by Crippen LogP contribution is 2.11. The van der Waals surface area contributed by atoms with Crippen molar-refractivity contribution in [1.29, 1.82) is 0 Å². The molecular weight excluding hydrogens is 273 g/mol. The van der Waals surface area contributed by atoms with Gasteiger partial charge >= 0.3 is 6.18 Å². The summed E-state index contributed by atoms with van der Waals surface area (Å²) < 4.78 is 35.7. The molecule has 0 saturated heterocycles. The highest BCUT2D eigenvalue weighted by Gasteiger charge is 2.26. The molecule has 0 aliphatic rings. The molecular formula is C13H17F3N2O2. The van der Waals surface area contributed by atoms with Crippen LogP contribution in [0.15, 0.2) is 30.3 Å². The van der Waals surface area contributed by atoms with Gasteiger partial charge in [-0.1, -0.05) is 30.3 Å². The third-order valence-electron chi connectivity index (χ3n) is 2.52. The van der Waals surface area contributed by atoms with Gasteiger partial charge in [-0.2, -0.15) is 13.2 Å². The second-order valence-electron chi connectivity index (χ2n) is 4.36. The Bertz CT molecular complexity index is 410. The summed E-state index contributed by atoms with van der Waals surface area (Å²) in [5.41, 5.74) is 0.926. The third-order valence-corrected chi connectivity index (χ3v) is 2.52. The van der Waals surface area contributed by atoms with Gasteiger partial charge in [-0.15, -0.1) is 0 Å². The van der Waals surface area contributed by atoms with Gasteiger partial charge in [-0.3, -0.25) is 4.79 Å². The maximum absolute atomic E-state index is 11.9. The Morgan fingerprint density at radius 1 is 1.25 bits per heavy atom. The van der Waals surface area contributed by atoms with E-state index in [1.54, 1.807) is 0 Å². The summed E-state index contributed by atoms with van der Waals surface area (Å²) in [7, 11) is 0. The lowest BCUT2D eigenvalue weighted by Crippen LogP contribution is -2.44. The number of aliphatic hydroxyl groups is 1. The zero-order valence-corrected chi connectivity index (χ0v) is 10.8. The van der Waals surface area contributed by atoms with E-state index in [0.717, 1.165) is 5.56 Å². The first-order valence-corrected chi connectivity index (χ1v) is 6.12. The molecule has 1 aromatic rings. The third kappa shape index (κ3) is 7.10. The van der Waals surface area contributed by atoms with Crippen molar-refractivity contribution in [2.24, 2.45) is 0 Å². The number of halogens is 3. The number of hydrogen-bond acceptors (Lipinski definition) is 3. The summed E-state index contributed by atoms with van der Waals surface area (Å²) in [5.74, 6) is -0.579. The number of nitrogens with one attached hydrogen (secondary N) is 2. The predicted octanol–water partition coefficient (Wildman–Crippen LogP) is 0.858. The summed E-state index contributed by atoms with van der Waals surface area (Å²) in [4.78, 5) is 11.4. The second-order valence-corrected chi connectivity index (χ2v) is 4.36. The maximum atomic E-state index is 11.9. The van der Waals surface area contributed by atoms with Gasteiger partial charge in [0.25, 0.3) is 0 Å². The Morgan fingerprint density at radius 2 is 1.90 bits per heavy atom. The molecule has 4 nitrogen and oxygen atoms in total. The van der Waals surface area contributed by atoms with Crippen LogP contribution in [0.1, 0.15) is 5.56 Å². The normalized spacial score (nSPS) is 13.0. The van der Waals surface area contributed by atoms with Crippen molar-refractivity contribution in [3.63, 3.8) is 0 Å². The van der Waals surface area contributed by atoms with Crippen molar-refractivity contribution in [3.05, 3.63) is 35.9 Å². The summed E-state index contributed by atoms with van der Waals surface area (Å²) in [6.07, 6.45) is -3.93. The van der Waals surface area contributed by atoms with E-state index in [4.69, 9.17) is 0 Å². The summed E-state index contributed by atoms with van der Waals surface area (Å²) in [6, 6.07) is 8.68. The van der Waals surface area contributed by atoms with Crippen LogP contribution in [-0.4, -0.2) is 42.9 Å². The standard InChI is InChI=1S/C13H17F3N2O2/c14-13(15,16)9-17-7-12(20)18-11(8-19)6-10-4-2-1-3-5-10/h1-5,11,17,19H,6-9H2,(H,18,20). The molecule has 0 fully saturated rings. The Hall–Kier alpha value is -1.60. The van der Waals surface area contributed by atoms with Gasteiger partial charge in [0, 0.05) is 0 Å². The Kier molecular flexibility index (Phi) is 6.47. The molecule has 1 unspecified atom stereocenters. The van der Waals surface area contributed by atoms with E-state index in [9.17, 15) is 23.1 Å². The molecule has 0 radical (unpaired) electrons. The molecule has 0 aromatic heterocycles. The quantitative estimate of drug-likeness (QED) is 0.698. The van der Waals surface area contributed by atoms with Gasteiger partial charge in [0.15, 0.2) is 0 Å². The first-order chi connectivity index (χ1) is 9.40. The molecule has 1 atom stereocenters. The molecule has 1 rings (SSSR count). The minimum atomic E-state index is -4.35. The van der Waals surface area contributed by atoms with E-state index in [1.165, 1.54) is 0 Å². The number of hydrogen-bond donors (Lipinski definition) is 3. The molecule has 20 heavy (non-hydrogen) atoms. The monoisotopic (exact) mass is 290 g/mol. The van der Waals surface area contributed by atoms with Crippen LogP contribution in [-0.2, 0) is 11.2 Å². The van der Waals surface area contributed by atoms with Crippen LogP contribution in [0.5, 0.6) is 0 Å². The fourth-order valence-electron chi connectivity index (χ4n) is 1.66. The van der Waals surface area contributed by atoms with E-state index in [2.05, 4.69) is 5.32 Å². The molecule has 0 bridgehead atoms. The lowest BCUT2D eigenvalue weighted by Gasteiger charge is -2.17. The van der Waals surface area contributed by atoms with Crippen molar-refractivity contribution in [2.75, 3.05) is 19.7 Å². The molecule has 1 aromatic carbocycles. The lowest BCUT2D eigenvalue weighted by atomic mass is 10.1. The van der Waals surface area contributed by atoms with Crippen LogP contribution in [0, 0.1) is 0 Å². The predicted molar refractivity (Wildman–Crippen MR) is 68.1 cm³/mol. The first kappa shape index (κ1) is 16.5. The zero-order valence-electron chi connectivity index (χ0n) is 10.8. The number of aliphatic hydroxyl groups excluding tert-OH is 1. The molecule has 112 valence electrons. The zero-order chi connectivity index (χ0) is 15.0. The Balaban J connectivity index is 2.34. The van der Waals surface area contributed by atoms with Crippen LogP contribution in [0.4, 0.5) is 13.2 Å². The molecule has 0 heterocycles. The van der Waals surface area contributed by atoms with E-state index >= 15 is 0 Å². The van der Waals surface area contributed by atoms with Gasteiger partial charge in [0.2, 0.25) is 5.91 Å². The molecule has 1 amide bonds. The molecule has 0 aliphatic carbocycles. The van der Waals surface area contributed by atoms with Crippen molar-refractivity contribution in [2.45, 2.75) is 18.6 Å². The molecule has 3 N–H and O–H groups in total. The van der Waals surface area contributed by atoms with Crippen molar-refractivity contribution in [3.8, 4) is 0 Å². The lowest BCUT2D eigenvalue weighted by molar-refractivity contribution is -0.128. The number of carbonyl (C=O) groups excluding carboxylic acids is 1. The van der Waals surface area contributed by atoms with Crippen molar-refractivity contribution >= 4 is 5.91 Å². The number of benzene rings is 1. The number of amides is 1. The molecule has 7 heteroatoms. The van der Waals surface area contributed by atoms with Gasteiger partial charge in [-0.05, 0) is 12.0 Å². The minimum Gasteiger partial charge on any atom is -0.394 e. The smallest absolute Gasteiger partial charge is 0.394 e. The topological polar surface area (TPSA) is 61.4 Å². The van der Waals surface area contributed by atoms with Gasteiger partial charge < -0.3 is 15.7 Å². The highest BCUT2D eigenvalue weighted by atomic mass is 19.4. The van der Waals surface area contributed by atoms with E-state index < -0.39 is 31.2 Å². The maximum Gasteiger partial charge on any atom is 0.401 e. The van der Waals surface area contributed by atoms with Gasteiger partial charge in [0.05, 0.1) is 25.7 Å². The second kappa shape index (κ2) is 7.86. The number of carbonyl (C=O) groups is 1. The Morgan fingerprint density at radius 3 is 2.45 bits per heavy atom. The Labute approximate surface area is 115 Å². The fraction of sp³-hybridized carbons (Fsp3) is 0.462. The van der Waals surface area contributed by atoms with Crippen LogP contribution < -0.4 is 10.6 Å². The number of rotatable bonds is 7. The van der Waals surface area contributed by atoms with Gasteiger partial charge in [-0.25, -0.2) is 0 Å². The fourth-order valence-corrected chi connectivity index (χ4v) is 1.66. The van der Waals surface area contributed by atoms with E-state index in [0.29, 0.717) is 6.42 Å². The first-order valence-electron chi connectivity index (χ1n) is 6.12. The number of alkyl halides is 3. The van der Waals surface area contributed by atoms with E-state index in [1.807, 2.05) is 35.6 Å². The average Bonchev–Trinajstić information content (AvgIpc) is 2.37. The van der Waals surface area contributed by atoms with Gasteiger partial charge in [0.1, 0.15) is 0 Å². The minimum absolute atomic E-state index is 0.278. The van der Waals surface area contributed by atoms with E-state index in [-0.39, 0.29) is 6.61 Å². The van der Waals surface area contributed by atoms with Crippen LogP contribution in [0.2, 0.25) is 0 Å². The average molecular weight is 290 g/mol. The van der Waals surface area contributed by atoms with Crippen LogP contribution in [0.3, 0.4) is 0 Å². The summed E-state index contributed by atoms with van der Waals surface area (Å²) >= 11 is 0. The molecule has 0 saturated carbocycles. The molecule has 0 aliphatic heterocycles. The summed E-state index contributed by atoms with van der Waals surface area (Å²) in [6.45, 7) is -1.94. The highest BCUT2D eigenvalue weighted by molar-refractivity contribution is 5.78. The van der Waals surface area contributed by atoms with Crippen LogP contribution >= 0.6 is 0 Å². The molecule has 0 spiro atoms. The largest absolute Gasteiger partial charge is 0.401 e. The van der Waals surface area contributed by atoms with Crippen molar-refractivity contribution < 1.29 is 23.1 Å². The van der Waals surface area contributed by atoms with Crippen LogP contribution in [0.25, 0.3) is 0 Å².